The third kappa shape index (κ3) is 2.12. The number of aromatic nitrogens is 4. The minimum atomic E-state index is 0.598. The Balaban J connectivity index is 1.76. The summed E-state index contributed by atoms with van der Waals surface area (Å²) in [6.07, 6.45) is 1.69. The molecule has 0 saturated carbocycles. The van der Waals surface area contributed by atoms with E-state index in [-0.39, 0.29) is 0 Å². The van der Waals surface area contributed by atoms with Gasteiger partial charge >= 0.3 is 0 Å². The predicted octanol–water partition coefficient (Wildman–Crippen LogP) is 2.04. The number of thiazole rings is 1. The zero-order valence-electron chi connectivity index (χ0n) is 9.29. The van der Waals surface area contributed by atoms with E-state index < -0.39 is 0 Å². The number of rotatable bonds is 3. The van der Waals surface area contributed by atoms with Crippen molar-refractivity contribution in [3.63, 3.8) is 0 Å². The number of nitrogens with one attached hydrogen (secondary N) is 1. The Morgan fingerprint density at radius 1 is 1.35 bits per heavy atom. The van der Waals surface area contributed by atoms with Crippen molar-refractivity contribution in [1.29, 1.82) is 0 Å². The topological polar surface area (TPSA) is 55.6 Å². The molecular formula is C11H11N5S. The lowest BCUT2D eigenvalue weighted by atomic mass is 10.3. The maximum Gasteiger partial charge on any atom is 0.184 e. The van der Waals surface area contributed by atoms with Gasteiger partial charge in [0, 0.05) is 7.05 Å². The summed E-state index contributed by atoms with van der Waals surface area (Å²) in [5, 5.41) is 8.33. The third-order valence-electron chi connectivity index (χ3n) is 2.34. The molecule has 0 unspecified atom stereocenters. The van der Waals surface area contributed by atoms with Crippen LogP contribution in [0, 0.1) is 0 Å². The molecule has 0 radical (unpaired) electrons. The average molecular weight is 245 g/mol. The van der Waals surface area contributed by atoms with E-state index in [0.717, 1.165) is 16.5 Å². The molecule has 86 valence electrons. The summed E-state index contributed by atoms with van der Waals surface area (Å²) in [7, 11) is 1.86. The van der Waals surface area contributed by atoms with Crippen molar-refractivity contribution < 1.29 is 0 Å². The van der Waals surface area contributed by atoms with Crippen molar-refractivity contribution in [1.82, 2.24) is 19.7 Å². The summed E-state index contributed by atoms with van der Waals surface area (Å²) >= 11 is 1.64. The standard InChI is InChI=1S/C11H11N5S/c1-16-7-13-10(15-16)6-12-11-14-8-4-2-3-5-9(8)17-11/h2-5,7H,6H2,1H3,(H,12,14). The lowest BCUT2D eigenvalue weighted by Crippen LogP contribution is -2.01. The molecule has 1 aromatic carbocycles. The number of hydrogen-bond acceptors (Lipinski definition) is 5. The molecule has 1 N–H and O–H groups in total. The molecule has 0 saturated heterocycles. The van der Waals surface area contributed by atoms with Crippen molar-refractivity contribution in [3.05, 3.63) is 36.4 Å². The zero-order valence-corrected chi connectivity index (χ0v) is 10.1. The Labute approximate surface area is 102 Å². The van der Waals surface area contributed by atoms with Crippen molar-refractivity contribution in [2.75, 3.05) is 5.32 Å². The predicted molar refractivity (Wildman–Crippen MR) is 67.9 cm³/mol. The van der Waals surface area contributed by atoms with Gasteiger partial charge in [0.05, 0.1) is 16.8 Å². The summed E-state index contributed by atoms with van der Waals surface area (Å²) < 4.78 is 2.87. The summed E-state index contributed by atoms with van der Waals surface area (Å²) in [5.74, 6) is 0.770. The molecule has 2 heterocycles. The number of para-hydroxylation sites is 1. The molecular weight excluding hydrogens is 234 g/mol. The second-order valence-electron chi connectivity index (χ2n) is 3.67. The quantitative estimate of drug-likeness (QED) is 0.767. The van der Waals surface area contributed by atoms with E-state index in [0.29, 0.717) is 6.54 Å². The minimum Gasteiger partial charge on any atom is -0.354 e. The van der Waals surface area contributed by atoms with Crippen LogP contribution in [0.3, 0.4) is 0 Å². The number of nitrogens with zero attached hydrogens (tertiary/aromatic N) is 4. The smallest absolute Gasteiger partial charge is 0.184 e. The van der Waals surface area contributed by atoms with Crippen LogP contribution < -0.4 is 5.32 Å². The maximum atomic E-state index is 4.48. The summed E-state index contributed by atoms with van der Waals surface area (Å²) in [6, 6.07) is 8.09. The summed E-state index contributed by atoms with van der Waals surface area (Å²) in [6.45, 7) is 0.598. The van der Waals surface area contributed by atoms with Crippen molar-refractivity contribution in [2.24, 2.45) is 7.05 Å². The van der Waals surface area contributed by atoms with Gasteiger partial charge in [-0.3, -0.25) is 4.68 Å². The Morgan fingerprint density at radius 3 is 3.00 bits per heavy atom. The van der Waals surface area contributed by atoms with Crippen LogP contribution in [-0.2, 0) is 13.6 Å². The number of anilines is 1. The molecule has 2 aromatic heterocycles. The van der Waals surface area contributed by atoms with Crippen LogP contribution in [-0.4, -0.2) is 19.7 Å². The van der Waals surface area contributed by atoms with Crippen molar-refractivity contribution in [2.45, 2.75) is 6.54 Å². The highest BCUT2D eigenvalue weighted by molar-refractivity contribution is 7.22. The summed E-state index contributed by atoms with van der Waals surface area (Å²) in [5.41, 5.74) is 1.02. The molecule has 0 fully saturated rings. The van der Waals surface area contributed by atoms with E-state index in [1.54, 1.807) is 22.3 Å². The van der Waals surface area contributed by atoms with E-state index in [2.05, 4.69) is 26.4 Å². The Kier molecular flexibility index (Phi) is 2.49. The fraction of sp³-hybridized carbons (Fsp3) is 0.182. The monoisotopic (exact) mass is 245 g/mol. The first-order valence-corrected chi connectivity index (χ1v) is 6.07. The molecule has 0 bridgehead atoms. The molecule has 3 aromatic rings. The van der Waals surface area contributed by atoms with Gasteiger partial charge in [0.2, 0.25) is 0 Å². The minimum absolute atomic E-state index is 0.598. The van der Waals surface area contributed by atoms with Crippen molar-refractivity contribution in [3.8, 4) is 0 Å². The highest BCUT2D eigenvalue weighted by Gasteiger charge is 2.03. The van der Waals surface area contributed by atoms with E-state index in [4.69, 9.17) is 0 Å². The lowest BCUT2D eigenvalue weighted by molar-refractivity contribution is 0.747. The van der Waals surface area contributed by atoms with Gasteiger partial charge in [0.1, 0.15) is 6.33 Å². The molecule has 0 aliphatic rings. The van der Waals surface area contributed by atoms with Crippen LogP contribution in [0.25, 0.3) is 10.2 Å². The van der Waals surface area contributed by atoms with Crippen LogP contribution in [0.1, 0.15) is 5.82 Å². The molecule has 0 spiro atoms. The van der Waals surface area contributed by atoms with Gasteiger partial charge in [-0.05, 0) is 12.1 Å². The molecule has 0 amide bonds. The number of fused-ring (bicyclic) bond motifs is 1. The second-order valence-corrected chi connectivity index (χ2v) is 4.71. The number of aryl methyl sites for hydroxylation is 1. The summed E-state index contributed by atoms with van der Waals surface area (Å²) in [4.78, 5) is 8.63. The average Bonchev–Trinajstić information content (AvgIpc) is 2.91. The number of benzene rings is 1. The maximum absolute atomic E-state index is 4.48. The molecule has 6 heteroatoms. The SMILES string of the molecule is Cn1cnc(CNc2nc3ccccc3s2)n1. The molecule has 0 aliphatic heterocycles. The molecule has 5 nitrogen and oxygen atoms in total. The van der Waals surface area contributed by atoms with E-state index in [1.807, 2.05) is 25.2 Å². The van der Waals surface area contributed by atoms with Gasteiger partial charge in [-0.25, -0.2) is 9.97 Å². The zero-order chi connectivity index (χ0) is 11.7. The van der Waals surface area contributed by atoms with E-state index >= 15 is 0 Å². The fourth-order valence-electron chi connectivity index (χ4n) is 1.57. The number of hydrogen-bond donors (Lipinski definition) is 1. The van der Waals surface area contributed by atoms with Gasteiger partial charge in [-0.1, -0.05) is 23.5 Å². The fourth-order valence-corrected chi connectivity index (χ4v) is 2.43. The van der Waals surface area contributed by atoms with Gasteiger partial charge in [-0.2, -0.15) is 5.10 Å². The first-order valence-electron chi connectivity index (χ1n) is 5.25. The van der Waals surface area contributed by atoms with Crippen LogP contribution in [0.5, 0.6) is 0 Å². The van der Waals surface area contributed by atoms with Crippen LogP contribution in [0.4, 0.5) is 5.13 Å². The second kappa shape index (κ2) is 4.14. The van der Waals surface area contributed by atoms with Gasteiger partial charge in [0.25, 0.3) is 0 Å². The highest BCUT2D eigenvalue weighted by atomic mass is 32.1. The molecule has 0 aliphatic carbocycles. The normalized spacial score (nSPS) is 10.9. The first kappa shape index (κ1) is 10.2. The Bertz CT molecular complexity index is 609. The largest absolute Gasteiger partial charge is 0.354 e. The van der Waals surface area contributed by atoms with Crippen LogP contribution >= 0.6 is 11.3 Å². The molecule has 0 atom stereocenters. The molecule has 3 rings (SSSR count). The third-order valence-corrected chi connectivity index (χ3v) is 3.33. The van der Waals surface area contributed by atoms with Crippen LogP contribution in [0.15, 0.2) is 30.6 Å². The highest BCUT2D eigenvalue weighted by Crippen LogP contribution is 2.25. The first-order chi connectivity index (χ1) is 8.31. The Morgan fingerprint density at radius 2 is 2.24 bits per heavy atom. The Hall–Kier alpha value is -1.95. The van der Waals surface area contributed by atoms with E-state index in [1.165, 1.54) is 4.70 Å². The van der Waals surface area contributed by atoms with Crippen LogP contribution in [0.2, 0.25) is 0 Å². The van der Waals surface area contributed by atoms with E-state index in [9.17, 15) is 0 Å². The van der Waals surface area contributed by atoms with Gasteiger partial charge in [0.15, 0.2) is 11.0 Å². The van der Waals surface area contributed by atoms with Crippen molar-refractivity contribution >= 4 is 26.7 Å². The van der Waals surface area contributed by atoms with Gasteiger partial charge in [-0.15, -0.1) is 0 Å². The lowest BCUT2D eigenvalue weighted by Gasteiger charge is -1.96. The van der Waals surface area contributed by atoms with Gasteiger partial charge < -0.3 is 5.32 Å². The molecule has 17 heavy (non-hydrogen) atoms.